The maximum absolute atomic E-state index is 13.2. The molecule has 0 radical (unpaired) electrons. The van der Waals surface area contributed by atoms with Crippen LogP contribution in [0.5, 0.6) is 5.75 Å². The number of halogens is 2. The van der Waals surface area contributed by atoms with Crippen molar-refractivity contribution in [1.82, 2.24) is 4.90 Å². The first kappa shape index (κ1) is 19.2. The standard InChI is InChI=1S/C19H18F2N2O3S/c1-22(2)18(25)15-11-23(13-8-4-5-9-14(13)26-15)17(24)12-7-3-6-10-16(12)27-19(20)21/h3-10,15,19H,11H2,1-2H3/t15-/m1/s1. The zero-order valence-electron chi connectivity index (χ0n) is 14.8. The van der Waals surface area contributed by atoms with Gasteiger partial charge in [0.25, 0.3) is 17.6 Å². The van der Waals surface area contributed by atoms with Crippen LogP contribution in [0.15, 0.2) is 53.4 Å². The molecule has 1 atom stereocenters. The molecule has 5 nitrogen and oxygen atoms in total. The van der Waals surface area contributed by atoms with Crippen molar-refractivity contribution < 1.29 is 23.1 Å². The van der Waals surface area contributed by atoms with Crippen molar-refractivity contribution in [3.8, 4) is 5.75 Å². The van der Waals surface area contributed by atoms with Crippen molar-refractivity contribution in [3.63, 3.8) is 0 Å². The average Bonchev–Trinajstić information content (AvgIpc) is 2.65. The third-order valence-electron chi connectivity index (χ3n) is 4.07. The number of hydrogen-bond donors (Lipinski definition) is 0. The number of nitrogens with zero attached hydrogens (tertiary/aromatic N) is 2. The number of amides is 2. The Labute approximate surface area is 159 Å². The van der Waals surface area contributed by atoms with E-state index in [0.29, 0.717) is 23.2 Å². The molecule has 0 saturated carbocycles. The predicted octanol–water partition coefficient (Wildman–Crippen LogP) is 3.50. The van der Waals surface area contributed by atoms with E-state index in [-0.39, 0.29) is 22.9 Å². The van der Waals surface area contributed by atoms with Gasteiger partial charge < -0.3 is 14.5 Å². The van der Waals surface area contributed by atoms with Crippen LogP contribution in [0, 0.1) is 0 Å². The SMILES string of the molecule is CN(C)C(=O)[C@H]1CN(C(=O)c2ccccc2SC(F)F)c2ccccc2O1. The molecule has 2 aromatic carbocycles. The van der Waals surface area contributed by atoms with Crippen LogP contribution in [0.4, 0.5) is 14.5 Å². The van der Waals surface area contributed by atoms with Gasteiger partial charge in [0.1, 0.15) is 5.75 Å². The van der Waals surface area contributed by atoms with Gasteiger partial charge >= 0.3 is 0 Å². The largest absolute Gasteiger partial charge is 0.476 e. The van der Waals surface area contributed by atoms with E-state index >= 15 is 0 Å². The van der Waals surface area contributed by atoms with Gasteiger partial charge in [-0.15, -0.1) is 0 Å². The highest BCUT2D eigenvalue weighted by Gasteiger charge is 2.35. The van der Waals surface area contributed by atoms with E-state index < -0.39 is 17.8 Å². The van der Waals surface area contributed by atoms with Crippen molar-refractivity contribution in [2.45, 2.75) is 16.8 Å². The molecule has 0 aliphatic carbocycles. The van der Waals surface area contributed by atoms with Crippen LogP contribution in [-0.2, 0) is 4.79 Å². The molecule has 142 valence electrons. The average molecular weight is 392 g/mol. The number of para-hydroxylation sites is 2. The Morgan fingerprint density at radius 3 is 2.52 bits per heavy atom. The summed E-state index contributed by atoms with van der Waals surface area (Å²) in [5.41, 5.74) is 0.665. The van der Waals surface area contributed by atoms with Crippen LogP contribution in [0.1, 0.15) is 10.4 Å². The van der Waals surface area contributed by atoms with Crippen molar-refractivity contribution in [2.24, 2.45) is 0 Å². The Balaban J connectivity index is 1.99. The second kappa shape index (κ2) is 7.96. The fourth-order valence-electron chi connectivity index (χ4n) is 2.83. The number of likely N-dealkylation sites (N-methyl/N-ethyl adjacent to an activating group) is 1. The minimum Gasteiger partial charge on any atom is -0.476 e. The summed E-state index contributed by atoms with van der Waals surface area (Å²) in [6.07, 6.45) is -0.867. The third kappa shape index (κ3) is 4.05. The molecule has 0 spiro atoms. The summed E-state index contributed by atoms with van der Waals surface area (Å²) < 4.78 is 31.5. The van der Waals surface area contributed by atoms with Gasteiger partial charge in [-0.05, 0) is 24.3 Å². The fraction of sp³-hybridized carbons (Fsp3) is 0.263. The monoisotopic (exact) mass is 392 g/mol. The molecule has 3 rings (SSSR count). The maximum atomic E-state index is 13.2. The quantitative estimate of drug-likeness (QED) is 0.748. The van der Waals surface area contributed by atoms with E-state index in [0.717, 1.165) is 0 Å². The molecule has 8 heteroatoms. The van der Waals surface area contributed by atoms with E-state index in [9.17, 15) is 18.4 Å². The molecule has 0 saturated heterocycles. The van der Waals surface area contributed by atoms with Crippen molar-refractivity contribution >= 4 is 29.3 Å². The first-order valence-electron chi connectivity index (χ1n) is 8.21. The number of hydrogen-bond acceptors (Lipinski definition) is 4. The lowest BCUT2D eigenvalue weighted by atomic mass is 10.1. The maximum Gasteiger partial charge on any atom is 0.288 e. The molecule has 0 N–H and O–H groups in total. The Bertz CT molecular complexity index is 860. The minimum absolute atomic E-state index is 0.000535. The number of benzene rings is 2. The summed E-state index contributed by atoms with van der Waals surface area (Å²) in [6.45, 7) is 0.000535. The molecule has 0 fully saturated rings. The van der Waals surface area contributed by atoms with Gasteiger partial charge in [0, 0.05) is 19.0 Å². The topological polar surface area (TPSA) is 49.9 Å². The summed E-state index contributed by atoms with van der Waals surface area (Å²) in [5.74, 6) is -2.97. The molecule has 0 unspecified atom stereocenters. The number of anilines is 1. The number of carbonyl (C=O) groups is 2. The Morgan fingerprint density at radius 2 is 1.81 bits per heavy atom. The highest BCUT2D eigenvalue weighted by atomic mass is 32.2. The zero-order valence-corrected chi connectivity index (χ0v) is 15.6. The number of carbonyl (C=O) groups excluding carboxylic acids is 2. The van der Waals surface area contributed by atoms with Crippen LogP contribution in [0.25, 0.3) is 0 Å². The summed E-state index contributed by atoms with van der Waals surface area (Å²) >= 11 is 0.323. The number of alkyl halides is 2. The van der Waals surface area contributed by atoms with Crippen LogP contribution in [-0.4, -0.2) is 49.2 Å². The number of ether oxygens (including phenoxy) is 1. The van der Waals surface area contributed by atoms with Crippen molar-refractivity contribution in [1.29, 1.82) is 0 Å². The molecule has 1 aliphatic heterocycles. The summed E-state index contributed by atoms with van der Waals surface area (Å²) in [4.78, 5) is 28.6. The van der Waals surface area contributed by atoms with E-state index in [1.54, 1.807) is 50.5 Å². The van der Waals surface area contributed by atoms with Gasteiger partial charge in [-0.2, -0.15) is 8.78 Å². The molecule has 1 aliphatic rings. The lowest BCUT2D eigenvalue weighted by Crippen LogP contribution is -2.50. The first-order chi connectivity index (χ1) is 12.9. The van der Waals surface area contributed by atoms with Crippen molar-refractivity contribution in [3.05, 3.63) is 54.1 Å². The molecule has 0 bridgehead atoms. The summed E-state index contributed by atoms with van der Waals surface area (Å²) in [5, 5.41) is 0. The summed E-state index contributed by atoms with van der Waals surface area (Å²) in [6, 6.07) is 13.1. The van der Waals surface area contributed by atoms with Gasteiger partial charge in [-0.1, -0.05) is 36.0 Å². The third-order valence-corrected chi connectivity index (χ3v) is 4.86. The van der Waals surface area contributed by atoms with Gasteiger partial charge in [0.15, 0.2) is 6.10 Å². The molecular formula is C19H18F2N2O3S. The van der Waals surface area contributed by atoms with Gasteiger partial charge in [0.2, 0.25) is 0 Å². The molecule has 1 heterocycles. The zero-order chi connectivity index (χ0) is 19.6. The molecule has 0 aromatic heterocycles. The molecular weight excluding hydrogens is 374 g/mol. The minimum atomic E-state index is -2.64. The van der Waals surface area contributed by atoms with Gasteiger partial charge in [-0.25, -0.2) is 0 Å². The normalized spacial score (nSPS) is 15.9. The van der Waals surface area contributed by atoms with Gasteiger partial charge in [0.05, 0.1) is 17.8 Å². The highest BCUT2D eigenvalue weighted by molar-refractivity contribution is 7.99. The van der Waals surface area contributed by atoms with Gasteiger partial charge in [-0.3, -0.25) is 9.59 Å². The number of rotatable bonds is 4. The van der Waals surface area contributed by atoms with E-state index in [1.165, 1.54) is 21.9 Å². The lowest BCUT2D eigenvalue weighted by Gasteiger charge is -2.35. The Hall–Kier alpha value is -2.61. The summed E-state index contributed by atoms with van der Waals surface area (Å²) in [7, 11) is 3.21. The van der Waals surface area contributed by atoms with E-state index in [1.807, 2.05) is 0 Å². The smallest absolute Gasteiger partial charge is 0.288 e. The number of thioether (sulfide) groups is 1. The molecule has 2 amide bonds. The van der Waals surface area contributed by atoms with Crippen LogP contribution >= 0.6 is 11.8 Å². The Morgan fingerprint density at radius 1 is 1.15 bits per heavy atom. The molecule has 2 aromatic rings. The second-order valence-corrected chi connectivity index (χ2v) is 7.13. The van der Waals surface area contributed by atoms with E-state index in [2.05, 4.69) is 0 Å². The lowest BCUT2D eigenvalue weighted by molar-refractivity contribution is -0.135. The second-order valence-electron chi connectivity index (χ2n) is 6.10. The van der Waals surface area contributed by atoms with Crippen LogP contribution in [0.2, 0.25) is 0 Å². The predicted molar refractivity (Wildman–Crippen MR) is 99.5 cm³/mol. The highest BCUT2D eigenvalue weighted by Crippen LogP contribution is 2.36. The van der Waals surface area contributed by atoms with Crippen LogP contribution < -0.4 is 9.64 Å². The first-order valence-corrected chi connectivity index (χ1v) is 9.09. The number of fused-ring (bicyclic) bond motifs is 1. The Kier molecular flexibility index (Phi) is 5.65. The molecule has 27 heavy (non-hydrogen) atoms. The fourth-order valence-corrected chi connectivity index (χ4v) is 3.46. The van der Waals surface area contributed by atoms with Crippen LogP contribution in [0.3, 0.4) is 0 Å². The van der Waals surface area contributed by atoms with Crippen molar-refractivity contribution in [2.75, 3.05) is 25.5 Å². The van der Waals surface area contributed by atoms with E-state index in [4.69, 9.17) is 4.74 Å².